The van der Waals surface area contributed by atoms with Crippen LogP contribution in [-0.2, 0) is 4.79 Å². The van der Waals surface area contributed by atoms with Gasteiger partial charge in [0.25, 0.3) is 0 Å². The summed E-state index contributed by atoms with van der Waals surface area (Å²) in [6, 6.07) is 12.2. The lowest BCUT2D eigenvalue weighted by atomic mass is 9.86. The lowest BCUT2D eigenvalue weighted by molar-refractivity contribution is -0.120. The van der Waals surface area contributed by atoms with E-state index in [1.165, 1.54) is 17.8 Å². The molecule has 3 aromatic rings. The fourth-order valence-corrected chi connectivity index (χ4v) is 5.83. The van der Waals surface area contributed by atoms with Crippen LogP contribution in [-0.4, -0.2) is 15.9 Å². The lowest BCUT2D eigenvalue weighted by Gasteiger charge is -2.21. The number of carbonyl (C=O) groups is 1. The first kappa shape index (κ1) is 20.6. The molecule has 0 saturated heterocycles. The largest absolute Gasteiger partial charge is 0.324 e. The van der Waals surface area contributed by atoms with Gasteiger partial charge in [-0.05, 0) is 91.3 Å². The summed E-state index contributed by atoms with van der Waals surface area (Å²) in [5.41, 5.74) is 3.01. The Labute approximate surface area is 186 Å². The van der Waals surface area contributed by atoms with Crippen LogP contribution in [0.15, 0.2) is 48.8 Å². The molecule has 1 N–H and O–H groups in total. The highest BCUT2D eigenvalue weighted by Gasteiger charge is 2.44. The molecule has 2 aliphatic rings. The van der Waals surface area contributed by atoms with Crippen LogP contribution >= 0.6 is 0 Å². The quantitative estimate of drug-likeness (QED) is 0.601. The standard InChI is InChI=1S/C26H25FN4O/c1-15(26(32)31-22-4-3-21(13-28)30-14-22)16-8-17-10-19(11-18(17)9-16)23-6-7-29-25-5-2-20(27)12-24(23)25/h2-7,12,14-19H,8-11H2,1H3,(H,31,32)/t15-,16-,17-,18+,19+/m1/s1. The van der Waals surface area contributed by atoms with Crippen LogP contribution in [0.25, 0.3) is 10.9 Å². The van der Waals surface area contributed by atoms with E-state index in [4.69, 9.17) is 5.26 Å². The molecule has 6 heteroatoms. The van der Waals surface area contributed by atoms with Crippen LogP contribution in [0, 0.1) is 40.8 Å². The maximum absolute atomic E-state index is 13.9. The minimum atomic E-state index is -0.220. The SMILES string of the molecule is C[C@@H](C(=O)Nc1ccc(C#N)nc1)[C@H]1C[C@H]2C[C@@H](c3ccnc4ccc(F)cc34)C[C@H]2C1. The average Bonchev–Trinajstić information content (AvgIpc) is 3.38. The highest BCUT2D eigenvalue weighted by molar-refractivity contribution is 5.92. The molecule has 2 aliphatic carbocycles. The molecule has 0 radical (unpaired) electrons. The van der Waals surface area contributed by atoms with Crippen molar-refractivity contribution < 1.29 is 9.18 Å². The minimum Gasteiger partial charge on any atom is -0.324 e. The van der Waals surface area contributed by atoms with Gasteiger partial charge in [-0.1, -0.05) is 6.92 Å². The third kappa shape index (κ3) is 3.84. The second-order valence-corrected chi connectivity index (χ2v) is 9.30. The Balaban J connectivity index is 1.23. The summed E-state index contributed by atoms with van der Waals surface area (Å²) in [5, 5.41) is 12.7. The molecule has 5 nitrogen and oxygen atoms in total. The summed E-state index contributed by atoms with van der Waals surface area (Å²) in [5.74, 6) is 1.71. The van der Waals surface area contributed by atoms with E-state index in [0.717, 1.165) is 36.6 Å². The van der Waals surface area contributed by atoms with Gasteiger partial charge < -0.3 is 5.32 Å². The van der Waals surface area contributed by atoms with Crippen molar-refractivity contribution in [3.05, 3.63) is 65.9 Å². The van der Waals surface area contributed by atoms with Gasteiger partial charge in [-0.3, -0.25) is 9.78 Å². The number of hydrogen-bond donors (Lipinski definition) is 1. The molecule has 2 fully saturated rings. The van der Waals surface area contributed by atoms with Crippen molar-refractivity contribution in [2.45, 2.75) is 38.5 Å². The number of amides is 1. The first-order chi connectivity index (χ1) is 15.5. The number of nitrogens with zero attached hydrogens (tertiary/aromatic N) is 3. The number of benzene rings is 1. The third-order valence-electron chi connectivity index (χ3n) is 7.50. The minimum absolute atomic E-state index is 0.00799. The fourth-order valence-electron chi connectivity index (χ4n) is 5.83. The number of rotatable bonds is 4. The van der Waals surface area contributed by atoms with Crippen molar-refractivity contribution in [3.8, 4) is 6.07 Å². The molecule has 0 spiro atoms. The number of nitrogens with one attached hydrogen (secondary N) is 1. The molecule has 2 saturated carbocycles. The number of hydrogen-bond acceptors (Lipinski definition) is 4. The zero-order chi connectivity index (χ0) is 22.2. The molecular weight excluding hydrogens is 403 g/mol. The molecular formula is C26H25FN4O. The van der Waals surface area contributed by atoms with Gasteiger partial charge >= 0.3 is 0 Å². The normalized spacial score (nSPS) is 25.3. The third-order valence-corrected chi connectivity index (χ3v) is 7.50. The van der Waals surface area contributed by atoms with Crippen molar-refractivity contribution in [1.29, 1.82) is 5.26 Å². The van der Waals surface area contributed by atoms with Crippen LogP contribution in [0.4, 0.5) is 10.1 Å². The molecule has 0 bridgehead atoms. The van der Waals surface area contributed by atoms with Crippen LogP contribution in [0.2, 0.25) is 0 Å². The van der Waals surface area contributed by atoms with Crippen LogP contribution in [0.1, 0.15) is 49.8 Å². The lowest BCUT2D eigenvalue weighted by Crippen LogP contribution is -2.26. The average molecular weight is 429 g/mol. The van der Waals surface area contributed by atoms with E-state index in [9.17, 15) is 9.18 Å². The van der Waals surface area contributed by atoms with Gasteiger partial charge in [0.15, 0.2) is 0 Å². The van der Waals surface area contributed by atoms with Crippen molar-refractivity contribution >= 4 is 22.5 Å². The van der Waals surface area contributed by atoms with Gasteiger partial charge in [0.1, 0.15) is 17.6 Å². The predicted octanol–water partition coefficient (Wildman–Crippen LogP) is 5.44. The number of pyridine rings is 2. The monoisotopic (exact) mass is 428 g/mol. The Hall–Kier alpha value is -3.33. The summed E-state index contributed by atoms with van der Waals surface area (Å²) in [6.07, 6.45) is 7.64. The van der Waals surface area contributed by atoms with E-state index in [1.807, 2.05) is 25.3 Å². The number of fused-ring (bicyclic) bond motifs is 2. The zero-order valence-electron chi connectivity index (χ0n) is 18.0. The molecule has 0 aliphatic heterocycles. The number of nitriles is 1. The Kier molecular flexibility index (Phi) is 5.34. The molecule has 1 amide bonds. The van der Waals surface area contributed by atoms with Crippen molar-refractivity contribution in [3.63, 3.8) is 0 Å². The van der Waals surface area contributed by atoms with Gasteiger partial charge in [-0.25, -0.2) is 9.37 Å². The summed E-state index contributed by atoms with van der Waals surface area (Å²) in [7, 11) is 0. The Bertz CT molecular complexity index is 1190. The van der Waals surface area contributed by atoms with E-state index in [0.29, 0.717) is 35.1 Å². The summed E-state index contributed by atoms with van der Waals surface area (Å²) in [4.78, 5) is 21.2. The van der Waals surface area contributed by atoms with E-state index in [2.05, 4.69) is 15.3 Å². The highest BCUT2D eigenvalue weighted by Crippen LogP contribution is 2.54. The van der Waals surface area contributed by atoms with Crippen molar-refractivity contribution in [1.82, 2.24) is 9.97 Å². The molecule has 1 aromatic carbocycles. The van der Waals surface area contributed by atoms with Crippen molar-refractivity contribution in [2.24, 2.45) is 23.7 Å². The second kappa shape index (κ2) is 8.31. The number of aromatic nitrogens is 2. The second-order valence-electron chi connectivity index (χ2n) is 9.30. The smallest absolute Gasteiger partial charge is 0.227 e. The molecule has 0 unspecified atom stereocenters. The van der Waals surface area contributed by atoms with Gasteiger partial charge in [-0.15, -0.1) is 0 Å². The molecule has 2 aromatic heterocycles. The fraction of sp³-hybridized carbons (Fsp3) is 0.385. The Morgan fingerprint density at radius 3 is 2.59 bits per heavy atom. The van der Waals surface area contributed by atoms with Crippen molar-refractivity contribution in [2.75, 3.05) is 5.32 Å². The van der Waals surface area contributed by atoms with Crippen LogP contribution in [0.3, 0.4) is 0 Å². The molecule has 162 valence electrons. The maximum atomic E-state index is 13.9. The Morgan fingerprint density at radius 1 is 1.12 bits per heavy atom. The van der Waals surface area contributed by atoms with Gasteiger partial charge in [0, 0.05) is 17.5 Å². The van der Waals surface area contributed by atoms with Gasteiger partial charge in [0.2, 0.25) is 5.91 Å². The van der Waals surface area contributed by atoms with E-state index >= 15 is 0 Å². The first-order valence-electron chi connectivity index (χ1n) is 11.2. The van der Waals surface area contributed by atoms with E-state index < -0.39 is 0 Å². The summed E-state index contributed by atoms with van der Waals surface area (Å²) >= 11 is 0. The molecule has 5 rings (SSSR count). The summed E-state index contributed by atoms with van der Waals surface area (Å²) in [6.45, 7) is 2.01. The first-order valence-corrected chi connectivity index (χ1v) is 11.2. The van der Waals surface area contributed by atoms with Crippen LogP contribution in [0.5, 0.6) is 0 Å². The number of carbonyl (C=O) groups excluding carboxylic acids is 1. The van der Waals surface area contributed by atoms with Gasteiger partial charge in [0.05, 0.1) is 17.4 Å². The van der Waals surface area contributed by atoms with Crippen LogP contribution < -0.4 is 5.32 Å². The highest BCUT2D eigenvalue weighted by atomic mass is 19.1. The predicted molar refractivity (Wildman–Crippen MR) is 120 cm³/mol. The maximum Gasteiger partial charge on any atom is 0.227 e. The van der Waals surface area contributed by atoms with E-state index in [1.54, 1.807) is 24.3 Å². The number of anilines is 1. The topological polar surface area (TPSA) is 78.7 Å². The zero-order valence-corrected chi connectivity index (χ0v) is 18.0. The Morgan fingerprint density at radius 2 is 1.91 bits per heavy atom. The van der Waals surface area contributed by atoms with E-state index in [-0.39, 0.29) is 17.6 Å². The molecule has 32 heavy (non-hydrogen) atoms. The number of halogens is 1. The molecule has 5 atom stereocenters. The van der Waals surface area contributed by atoms with Gasteiger partial charge in [-0.2, -0.15) is 5.26 Å². The molecule has 2 heterocycles. The summed E-state index contributed by atoms with van der Waals surface area (Å²) < 4.78 is 13.9.